The summed E-state index contributed by atoms with van der Waals surface area (Å²) in [4.78, 5) is 2.47. The Morgan fingerprint density at radius 3 is 2.74 bits per heavy atom. The molecular weight excluding hydrogens is 232 g/mol. The van der Waals surface area contributed by atoms with E-state index in [9.17, 15) is 0 Å². The number of hydrogen-bond acceptors (Lipinski definition) is 2. The number of piperidine rings is 1. The Balaban J connectivity index is 1.55. The molecule has 1 aliphatic rings. The Bertz CT molecular complexity index is 330. The molecule has 2 heteroatoms. The lowest BCUT2D eigenvalue weighted by molar-refractivity contribution is 0.306. The predicted octanol–water partition coefficient (Wildman–Crippen LogP) is 3.08. The van der Waals surface area contributed by atoms with E-state index >= 15 is 0 Å². The smallest absolute Gasteiger partial charge is 0.00675 e. The Kier molecular flexibility index (Phi) is 6.38. The van der Waals surface area contributed by atoms with Crippen molar-refractivity contribution in [1.82, 2.24) is 10.2 Å². The summed E-state index contributed by atoms with van der Waals surface area (Å²) in [6.07, 6.45) is 8.00. The largest absolute Gasteiger partial charge is 0.314 e. The highest BCUT2D eigenvalue weighted by atomic mass is 15.1. The fraction of sp³-hybridized carbons (Fsp3) is 0.647. The molecule has 1 aromatic carbocycles. The van der Waals surface area contributed by atoms with E-state index in [0.29, 0.717) is 0 Å². The normalized spacial score (nSPS) is 19.8. The van der Waals surface area contributed by atoms with E-state index in [4.69, 9.17) is 0 Å². The van der Waals surface area contributed by atoms with Crippen molar-refractivity contribution >= 4 is 0 Å². The molecule has 106 valence electrons. The van der Waals surface area contributed by atoms with Crippen LogP contribution in [0.5, 0.6) is 0 Å². The van der Waals surface area contributed by atoms with Gasteiger partial charge in [-0.2, -0.15) is 0 Å². The first-order chi connectivity index (χ1) is 9.34. The van der Waals surface area contributed by atoms with Gasteiger partial charge in [-0.25, -0.2) is 0 Å². The molecule has 1 N–H and O–H groups in total. The van der Waals surface area contributed by atoms with Gasteiger partial charge in [-0.15, -0.1) is 0 Å². The topological polar surface area (TPSA) is 15.3 Å². The average molecular weight is 260 g/mol. The van der Waals surface area contributed by atoms with Crippen LogP contribution in [0.2, 0.25) is 0 Å². The monoisotopic (exact) mass is 260 g/mol. The van der Waals surface area contributed by atoms with Crippen molar-refractivity contribution in [2.24, 2.45) is 0 Å². The number of nitrogens with zero attached hydrogens (tertiary/aromatic N) is 1. The highest BCUT2D eigenvalue weighted by molar-refractivity contribution is 5.14. The van der Waals surface area contributed by atoms with Crippen LogP contribution >= 0.6 is 0 Å². The highest BCUT2D eigenvalue weighted by Gasteiger charge is 2.11. The van der Waals surface area contributed by atoms with Crippen molar-refractivity contribution in [2.75, 3.05) is 26.7 Å². The third-order valence-electron chi connectivity index (χ3n) is 4.13. The molecule has 1 aromatic rings. The van der Waals surface area contributed by atoms with E-state index in [2.05, 4.69) is 47.6 Å². The van der Waals surface area contributed by atoms with E-state index < -0.39 is 0 Å². The fourth-order valence-electron chi connectivity index (χ4n) is 2.85. The molecule has 0 aromatic heterocycles. The van der Waals surface area contributed by atoms with Gasteiger partial charge in [0, 0.05) is 12.6 Å². The third-order valence-corrected chi connectivity index (χ3v) is 4.13. The van der Waals surface area contributed by atoms with Crippen LogP contribution in [0.4, 0.5) is 0 Å². The maximum absolute atomic E-state index is 3.63. The van der Waals surface area contributed by atoms with Gasteiger partial charge in [0.1, 0.15) is 0 Å². The summed E-state index contributed by atoms with van der Waals surface area (Å²) in [6, 6.07) is 11.6. The van der Waals surface area contributed by atoms with E-state index in [-0.39, 0.29) is 0 Å². The summed E-state index contributed by atoms with van der Waals surface area (Å²) in [6.45, 7) is 3.63. The molecule has 0 bridgehead atoms. The first-order valence-electron chi connectivity index (χ1n) is 7.80. The second-order valence-electron chi connectivity index (χ2n) is 5.83. The average Bonchev–Trinajstić information content (AvgIpc) is 2.47. The molecule has 0 spiro atoms. The SMILES string of the molecule is CN(CCCC1CCCCN1)CCc1ccccc1. The number of benzene rings is 1. The van der Waals surface area contributed by atoms with Gasteiger partial charge in [-0.1, -0.05) is 36.8 Å². The van der Waals surface area contributed by atoms with Crippen LogP contribution in [-0.2, 0) is 6.42 Å². The zero-order chi connectivity index (χ0) is 13.3. The summed E-state index contributed by atoms with van der Waals surface area (Å²) in [7, 11) is 2.25. The second-order valence-corrected chi connectivity index (χ2v) is 5.83. The lowest BCUT2D eigenvalue weighted by Gasteiger charge is -2.24. The first kappa shape index (κ1) is 14.5. The molecule has 0 saturated carbocycles. The summed E-state index contributed by atoms with van der Waals surface area (Å²) < 4.78 is 0. The molecule has 1 atom stereocenters. The van der Waals surface area contributed by atoms with Crippen LogP contribution in [0, 0.1) is 0 Å². The van der Waals surface area contributed by atoms with E-state index in [0.717, 1.165) is 6.04 Å². The van der Waals surface area contributed by atoms with Crippen molar-refractivity contribution < 1.29 is 0 Å². The molecule has 19 heavy (non-hydrogen) atoms. The fourth-order valence-corrected chi connectivity index (χ4v) is 2.85. The highest BCUT2D eigenvalue weighted by Crippen LogP contribution is 2.12. The first-order valence-corrected chi connectivity index (χ1v) is 7.80. The minimum absolute atomic E-state index is 0.788. The zero-order valence-corrected chi connectivity index (χ0v) is 12.3. The lowest BCUT2D eigenvalue weighted by atomic mass is 10.0. The van der Waals surface area contributed by atoms with Gasteiger partial charge in [0.25, 0.3) is 0 Å². The number of hydrogen-bond donors (Lipinski definition) is 1. The van der Waals surface area contributed by atoms with Crippen molar-refractivity contribution in [3.05, 3.63) is 35.9 Å². The summed E-state index contributed by atoms with van der Waals surface area (Å²) in [5.41, 5.74) is 1.45. The van der Waals surface area contributed by atoms with Crippen LogP contribution in [0.1, 0.15) is 37.7 Å². The van der Waals surface area contributed by atoms with Gasteiger partial charge in [-0.05, 0) is 57.8 Å². The molecule has 1 unspecified atom stereocenters. The molecule has 0 amide bonds. The zero-order valence-electron chi connectivity index (χ0n) is 12.3. The lowest BCUT2D eigenvalue weighted by Crippen LogP contribution is -2.34. The van der Waals surface area contributed by atoms with Crippen LogP contribution in [-0.4, -0.2) is 37.6 Å². The molecule has 0 radical (unpaired) electrons. The Hall–Kier alpha value is -0.860. The van der Waals surface area contributed by atoms with E-state index in [1.807, 2.05) is 0 Å². The Morgan fingerprint density at radius 2 is 2.00 bits per heavy atom. The number of likely N-dealkylation sites (N-methyl/N-ethyl adjacent to an activating group) is 1. The van der Waals surface area contributed by atoms with Crippen molar-refractivity contribution in [2.45, 2.75) is 44.6 Å². The molecule has 1 aliphatic heterocycles. The minimum atomic E-state index is 0.788. The maximum Gasteiger partial charge on any atom is 0.00675 e. The van der Waals surface area contributed by atoms with Crippen molar-refractivity contribution in [1.29, 1.82) is 0 Å². The quantitative estimate of drug-likeness (QED) is 0.810. The van der Waals surface area contributed by atoms with E-state index in [1.165, 1.54) is 63.7 Å². The van der Waals surface area contributed by atoms with Crippen LogP contribution in [0.15, 0.2) is 30.3 Å². The van der Waals surface area contributed by atoms with Crippen LogP contribution < -0.4 is 5.32 Å². The van der Waals surface area contributed by atoms with Gasteiger partial charge in [-0.3, -0.25) is 0 Å². The van der Waals surface area contributed by atoms with E-state index in [1.54, 1.807) is 0 Å². The van der Waals surface area contributed by atoms with Gasteiger partial charge < -0.3 is 10.2 Å². The van der Waals surface area contributed by atoms with Gasteiger partial charge in [0.05, 0.1) is 0 Å². The molecule has 2 nitrogen and oxygen atoms in total. The van der Waals surface area contributed by atoms with Gasteiger partial charge in [0.15, 0.2) is 0 Å². The summed E-state index contributed by atoms with van der Waals surface area (Å²) in [5.74, 6) is 0. The Morgan fingerprint density at radius 1 is 1.16 bits per heavy atom. The maximum atomic E-state index is 3.63. The third kappa shape index (κ3) is 5.75. The molecule has 1 saturated heterocycles. The molecular formula is C17H28N2. The van der Waals surface area contributed by atoms with Crippen molar-refractivity contribution in [3.63, 3.8) is 0 Å². The number of nitrogens with one attached hydrogen (secondary N) is 1. The second kappa shape index (κ2) is 8.34. The summed E-state index contributed by atoms with van der Waals surface area (Å²) in [5, 5.41) is 3.63. The van der Waals surface area contributed by atoms with Gasteiger partial charge >= 0.3 is 0 Å². The van der Waals surface area contributed by atoms with Crippen molar-refractivity contribution in [3.8, 4) is 0 Å². The Labute approximate surface area is 118 Å². The molecule has 2 rings (SSSR count). The standard InChI is InChI=1S/C17H28N2/c1-19(15-12-16-8-3-2-4-9-16)14-7-11-17-10-5-6-13-18-17/h2-4,8-9,17-18H,5-7,10-15H2,1H3. The predicted molar refractivity (Wildman–Crippen MR) is 82.5 cm³/mol. The molecule has 1 heterocycles. The van der Waals surface area contributed by atoms with Crippen LogP contribution in [0.3, 0.4) is 0 Å². The van der Waals surface area contributed by atoms with Gasteiger partial charge in [0.2, 0.25) is 0 Å². The summed E-state index contributed by atoms with van der Waals surface area (Å²) >= 11 is 0. The molecule has 0 aliphatic carbocycles. The number of rotatable bonds is 7. The van der Waals surface area contributed by atoms with Crippen LogP contribution in [0.25, 0.3) is 0 Å². The molecule has 1 fully saturated rings. The minimum Gasteiger partial charge on any atom is -0.314 e.